The van der Waals surface area contributed by atoms with Gasteiger partial charge >= 0.3 is 0 Å². The number of para-hydroxylation sites is 4. The second-order valence-electron chi connectivity index (χ2n) is 16.7. The van der Waals surface area contributed by atoms with E-state index in [9.17, 15) is 0 Å². The summed E-state index contributed by atoms with van der Waals surface area (Å²) in [6.45, 7) is 2.26. The Morgan fingerprint density at radius 3 is 1.38 bits per heavy atom. The van der Waals surface area contributed by atoms with Crippen LogP contribution in [0.1, 0.15) is 23.7 Å². The number of fused-ring (bicyclic) bond motifs is 6. The Bertz CT molecular complexity index is 3500. The molecule has 0 spiro atoms. The zero-order valence-corrected chi connectivity index (χ0v) is 34.8. The molecule has 8 aromatic carbocycles. The Morgan fingerprint density at radius 2 is 0.841 bits per heavy atom. The van der Waals surface area contributed by atoms with Crippen molar-refractivity contribution in [2.45, 2.75) is 12.5 Å². The normalized spacial score (nSPS) is 15.1. The first-order valence-electron chi connectivity index (χ1n) is 21.6. The molecule has 12 rings (SSSR count). The number of pyridine rings is 1. The van der Waals surface area contributed by atoms with Crippen LogP contribution in [0.5, 0.6) is 0 Å². The molecule has 1 atom stereocenters. The molecule has 1 aliphatic heterocycles. The fraction of sp³-hybridized carbons (Fsp3) is 0.0339. The van der Waals surface area contributed by atoms with Gasteiger partial charge in [-0.1, -0.05) is 158 Å². The van der Waals surface area contributed by atoms with Gasteiger partial charge in [-0.15, -0.1) is 0 Å². The van der Waals surface area contributed by atoms with Gasteiger partial charge in [0.05, 0.1) is 39.0 Å². The van der Waals surface area contributed by atoms with E-state index in [1.165, 1.54) is 43.6 Å². The van der Waals surface area contributed by atoms with E-state index in [2.05, 4.69) is 252 Å². The highest BCUT2D eigenvalue weighted by atomic mass is 15.0. The summed E-state index contributed by atoms with van der Waals surface area (Å²) < 4.78 is 4.78. The van der Waals surface area contributed by atoms with Crippen LogP contribution in [0.4, 0.5) is 0 Å². The van der Waals surface area contributed by atoms with E-state index in [0.29, 0.717) is 0 Å². The van der Waals surface area contributed by atoms with Crippen LogP contribution in [-0.4, -0.2) is 14.1 Å². The zero-order valence-electron chi connectivity index (χ0n) is 34.8. The van der Waals surface area contributed by atoms with Crippen molar-refractivity contribution >= 4 is 54.9 Å². The monoisotopic (exact) mass is 806 g/mol. The molecular weight excluding hydrogens is 765 g/mol. The highest BCUT2D eigenvalue weighted by molar-refractivity contribution is 6.10. The summed E-state index contributed by atoms with van der Waals surface area (Å²) in [5.41, 5.74) is 15.9. The minimum Gasteiger partial charge on any atom is -0.370 e. The molecule has 1 N–H and O–H groups in total. The van der Waals surface area contributed by atoms with Gasteiger partial charge < -0.3 is 14.5 Å². The van der Waals surface area contributed by atoms with E-state index in [-0.39, 0.29) is 0 Å². The molecule has 0 saturated carbocycles. The van der Waals surface area contributed by atoms with Crippen LogP contribution in [0.25, 0.3) is 88.6 Å². The van der Waals surface area contributed by atoms with Crippen LogP contribution in [0.3, 0.4) is 0 Å². The van der Waals surface area contributed by atoms with Crippen LogP contribution in [0, 0.1) is 0 Å². The second kappa shape index (κ2) is 14.8. The van der Waals surface area contributed by atoms with Crippen LogP contribution >= 0.6 is 0 Å². The summed E-state index contributed by atoms with van der Waals surface area (Å²) in [7, 11) is 0. The molecule has 0 fully saturated rings. The zero-order chi connectivity index (χ0) is 41.9. The Balaban J connectivity index is 1.03. The molecule has 1 aliphatic rings. The molecule has 0 saturated heterocycles. The van der Waals surface area contributed by atoms with Crippen molar-refractivity contribution in [2.24, 2.45) is 0 Å². The third-order valence-electron chi connectivity index (χ3n) is 12.7. The Hall–Kier alpha value is -8.21. The molecule has 0 aliphatic carbocycles. The van der Waals surface area contributed by atoms with E-state index in [4.69, 9.17) is 4.98 Å². The third-order valence-corrected chi connectivity index (χ3v) is 12.7. The Kier molecular flexibility index (Phi) is 8.58. The lowest BCUT2D eigenvalue weighted by molar-refractivity contribution is 0.522. The fourth-order valence-electron chi connectivity index (χ4n) is 9.71. The average Bonchev–Trinajstić information content (AvgIpc) is 3.87. The smallest absolute Gasteiger partial charge is 0.0962 e. The first kappa shape index (κ1) is 36.6. The van der Waals surface area contributed by atoms with E-state index < -0.39 is 5.54 Å². The summed E-state index contributed by atoms with van der Waals surface area (Å²) in [5.74, 6) is 0. The van der Waals surface area contributed by atoms with Gasteiger partial charge in [-0.05, 0) is 108 Å². The number of allylic oxidation sites excluding steroid dienone is 2. The molecule has 4 heterocycles. The number of hydrogen-bond acceptors (Lipinski definition) is 2. The maximum atomic E-state index is 5.52. The highest BCUT2D eigenvalue weighted by Gasteiger charge is 2.32. The average molecular weight is 807 g/mol. The highest BCUT2D eigenvalue weighted by Crippen LogP contribution is 2.40. The molecule has 63 heavy (non-hydrogen) atoms. The Labute approximate surface area is 366 Å². The SMILES string of the molecule is CC1(c2cc(-c3cccc(-n4c5ccccc5c5ccccc54)c3)cc(-c3ccccc3)n2)C=C(c2cccc(-n3c4ccccc4c4ccccc43)c2)C=C(c2ccccc2)N1. The number of benzene rings is 8. The van der Waals surface area contributed by atoms with Crippen molar-refractivity contribution in [1.82, 2.24) is 19.4 Å². The van der Waals surface area contributed by atoms with Gasteiger partial charge in [0, 0.05) is 44.2 Å². The van der Waals surface area contributed by atoms with Gasteiger partial charge in [0.15, 0.2) is 0 Å². The quantitative estimate of drug-likeness (QED) is 0.174. The van der Waals surface area contributed by atoms with E-state index in [0.717, 1.165) is 61.9 Å². The number of rotatable bonds is 7. The summed E-state index contributed by atoms with van der Waals surface area (Å²) >= 11 is 0. The van der Waals surface area contributed by atoms with Crippen LogP contribution in [0.15, 0.2) is 231 Å². The van der Waals surface area contributed by atoms with Crippen molar-refractivity contribution in [3.63, 3.8) is 0 Å². The second-order valence-corrected chi connectivity index (χ2v) is 16.7. The fourth-order valence-corrected chi connectivity index (χ4v) is 9.71. The van der Waals surface area contributed by atoms with Gasteiger partial charge in [-0.25, -0.2) is 4.98 Å². The lowest BCUT2D eigenvalue weighted by Gasteiger charge is -2.35. The Morgan fingerprint density at radius 1 is 0.397 bits per heavy atom. The first-order chi connectivity index (χ1) is 31.1. The van der Waals surface area contributed by atoms with Gasteiger partial charge in [-0.2, -0.15) is 0 Å². The number of nitrogens with one attached hydrogen (secondary N) is 1. The molecule has 11 aromatic rings. The third kappa shape index (κ3) is 6.26. The van der Waals surface area contributed by atoms with Crippen LogP contribution < -0.4 is 5.32 Å². The van der Waals surface area contributed by atoms with Crippen molar-refractivity contribution in [1.29, 1.82) is 0 Å². The molecule has 0 amide bonds. The van der Waals surface area contributed by atoms with Gasteiger partial charge in [0.1, 0.15) is 0 Å². The number of nitrogens with zero attached hydrogens (tertiary/aromatic N) is 3. The summed E-state index contributed by atoms with van der Waals surface area (Å²) in [4.78, 5) is 5.52. The van der Waals surface area contributed by atoms with E-state index >= 15 is 0 Å². The largest absolute Gasteiger partial charge is 0.370 e. The number of dihydropyridines is 1. The van der Waals surface area contributed by atoms with Crippen molar-refractivity contribution in [3.05, 3.63) is 247 Å². The van der Waals surface area contributed by atoms with Gasteiger partial charge in [0.25, 0.3) is 0 Å². The minimum atomic E-state index is -0.692. The molecule has 3 aromatic heterocycles. The maximum absolute atomic E-state index is 5.52. The van der Waals surface area contributed by atoms with E-state index in [1.807, 2.05) is 0 Å². The van der Waals surface area contributed by atoms with Gasteiger partial charge in [-0.3, -0.25) is 0 Å². The van der Waals surface area contributed by atoms with Crippen LogP contribution in [-0.2, 0) is 5.54 Å². The van der Waals surface area contributed by atoms with Crippen molar-refractivity contribution in [2.75, 3.05) is 0 Å². The van der Waals surface area contributed by atoms with Crippen LogP contribution in [0.2, 0.25) is 0 Å². The van der Waals surface area contributed by atoms with Crippen molar-refractivity contribution < 1.29 is 0 Å². The standard InChI is InChI=1S/C59H42N4/c1-59(39-45(37-53(61-59)41-20-6-3-7-21-41)43-23-17-25-47(35-43)63-56-32-14-10-28-50(56)51-29-11-15-33-57(51)63)58-38-44(36-52(60-58)40-18-4-2-5-19-40)42-22-16-24-46(34-42)62-54-30-12-8-26-48(54)49-27-9-13-31-55(49)62/h2-39,61H,1H3. The predicted octanol–water partition coefficient (Wildman–Crippen LogP) is 14.6. The molecule has 4 heteroatoms. The van der Waals surface area contributed by atoms with Crippen molar-refractivity contribution in [3.8, 4) is 33.8 Å². The molecular formula is C59H42N4. The van der Waals surface area contributed by atoms with Gasteiger partial charge in [0.2, 0.25) is 0 Å². The molecule has 1 unspecified atom stereocenters. The predicted molar refractivity (Wildman–Crippen MR) is 263 cm³/mol. The lowest BCUT2D eigenvalue weighted by atomic mass is 9.85. The molecule has 4 nitrogen and oxygen atoms in total. The maximum Gasteiger partial charge on any atom is 0.0962 e. The topological polar surface area (TPSA) is 34.8 Å². The molecule has 0 radical (unpaired) electrons. The molecule has 298 valence electrons. The minimum absolute atomic E-state index is 0.692. The lowest BCUT2D eigenvalue weighted by Crippen LogP contribution is -2.39. The van der Waals surface area contributed by atoms with E-state index in [1.54, 1.807) is 0 Å². The first-order valence-corrected chi connectivity index (χ1v) is 21.6. The number of aromatic nitrogens is 3. The number of hydrogen-bond donors (Lipinski definition) is 1. The molecule has 0 bridgehead atoms. The summed E-state index contributed by atoms with van der Waals surface area (Å²) in [6.07, 6.45) is 4.65. The summed E-state index contributed by atoms with van der Waals surface area (Å²) in [6, 6.07) is 78.3. The summed E-state index contributed by atoms with van der Waals surface area (Å²) in [5, 5.41) is 8.99.